The maximum absolute atomic E-state index is 13.3. The Morgan fingerprint density at radius 2 is 2.00 bits per heavy atom. The molecule has 0 heterocycles. The molecule has 0 aliphatic carbocycles. The summed E-state index contributed by atoms with van der Waals surface area (Å²) in [4.78, 5) is 10.2. The van der Waals surface area contributed by atoms with Gasteiger partial charge in [0.15, 0.2) is 0 Å². The number of alkyl halides is 2. The van der Waals surface area contributed by atoms with E-state index in [4.69, 9.17) is 5.11 Å². The fourth-order valence-corrected chi connectivity index (χ4v) is 1.62. The highest BCUT2D eigenvalue weighted by atomic mass is 79.9. The third kappa shape index (κ3) is 2.51. The molecule has 0 aliphatic heterocycles. The molecule has 1 rings (SSSR count). The number of rotatable bonds is 3. The molecule has 0 spiro atoms. The number of carboxylic acids is 1. The molecule has 0 aliphatic rings. The largest absolute Gasteiger partial charge is 0.481 e. The molecule has 2 nitrogen and oxygen atoms in total. The molecular weight excluding hydrogens is 258 g/mol. The van der Waals surface area contributed by atoms with Crippen LogP contribution in [-0.2, 0) is 10.7 Å². The van der Waals surface area contributed by atoms with E-state index in [2.05, 4.69) is 15.9 Å². The van der Waals surface area contributed by atoms with Crippen molar-refractivity contribution >= 4 is 21.9 Å². The Morgan fingerprint density at radius 3 is 2.50 bits per heavy atom. The number of benzene rings is 1. The van der Waals surface area contributed by atoms with E-state index >= 15 is 0 Å². The number of aliphatic carboxylic acids is 1. The van der Waals surface area contributed by atoms with Crippen molar-refractivity contribution in [1.82, 2.24) is 0 Å². The third-order valence-corrected chi connectivity index (χ3v) is 2.33. The van der Waals surface area contributed by atoms with Gasteiger partial charge in [0.1, 0.15) is 6.42 Å². The van der Waals surface area contributed by atoms with Crippen LogP contribution in [0.4, 0.5) is 8.78 Å². The second kappa shape index (κ2) is 4.04. The summed E-state index contributed by atoms with van der Waals surface area (Å²) < 4.78 is 26.7. The summed E-state index contributed by atoms with van der Waals surface area (Å²) >= 11 is 2.95. The second-order valence-corrected chi connectivity index (χ2v) is 3.61. The van der Waals surface area contributed by atoms with Crippen molar-refractivity contribution < 1.29 is 18.7 Å². The molecule has 1 N–H and O–H groups in total. The van der Waals surface area contributed by atoms with Gasteiger partial charge in [-0.2, -0.15) is 0 Å². The van der Waals surface area contributed by atoms with Crippen LogP contribution < -0.4 is 0 Å². The summed E-state index contributed by atoms with van der Waals surface area (Å²) in [5.41, 5.74) is -0.303. The van der Waals surface area contributed by atoms with Gasteiger partial charge in [0, 0.05) is 10.0 Å². The van der Waals surface area contributed by atoms with Gasteiger partial charge in [0.05, 0.1) is 0 Å². The maximum atomic E-state index is 13.3. The second-order valence-electron chi connectivity index (χ2n) is 2.75. The number of carboxylic acid groups (broad SMARTS) is 1. The van der Waals surface area contributed by atoms with Crippen molar-refractivity contribution in [3.05, 3.63) is 34.3 Å². The molecule has 0 unspecified atom stereocenters. The Kier molecular flexibility index (Phi) is 3.21. The molecule has 1 aromatic carbocycles. The molecule has 5 heteroatoms. The molecule has 0 amide bonds. The van der Waals surface area contributed by atoms with Crippen molar-refractivity contribution in [2.24, 2.45) is 0 Å². The molecule has 76 valence electrons. The van der Waals surface area contributed by atoms with Crippen molar-refractivity contribution in [3.63, 3.8) is 0 Å². The van der Waals surface area contributed by atoms with Crippen LogP contribution in [0.1, 0.15) is 12.0 Å². The topological polar surface area (TPSA) is 37.3 Å². The summed E-state index contributed by atoms with van der Waals surface area (Å²) in [7, 11) is 0. The van der Waals surface area contributed by atoms with Crippen LogP contribution in [0.3, 0.4) is 0 Å². The average Bonchev–Trinajstić information content (AvgIpc) is 2.02. The summed E-state index contributed by atoms with van der Waals surface area (Å²) in [6.45, 7) is 0. The fraction of sp³-hybridized carbons (Fsp3) is 0.222. The summed E-state index contributed by atoms with van der Waals surface area (Å²) in [6.07, 6.45) is -1.20. The highest BCUT2D eigenvalue weighted by Crippen LogP contribution is 2.36. The molecule has 0 bridgehead atoms. The van der Waals surface area contributed by atoms with Crippen molar-refractivity contribution in [3.8, 4) is 0 Å². The highest BCUT2D eigenvalue weighted by Gasteiger charge is 2.36. The van der Waals surface area contributed by atoms with Gasteiger partial charge >= 0.3 is 5.97 Å². The zero-order valence-corrected chi connectivity index (χ0v) is 8.59. The summed E-state index contributed by atoms with van der Waals surface area (Å²) in [5.74, 6) is -4.86. The van der Waals surface area contributed by atoms with E-state index in [1.54, 1.807) is 6.07 Å². The quantitative estimate of drug-likeness (QED) is 0.912. The number of hydrogen-bond donors (Lipinski definition) is 1. The minimum Gasteiger partial charge on any atom is -0.481 e. The first-order valence-electron chi connectivity index (χ1n) is 3.78. The van der Waals surface area contributed by atoms with Crippen LogP contribution in [0.2, 0.25) is 0 Å². The average molecular weight is 265 g/mol. The Bertz CT molecular complexity index is 352. The molecule has 0 atom stereocenters. The monoisotopic (exact) mass is 264 g/mol. The molecule has 0 saturated carbocycles. The van der Waals surface area contributed by atoms with Crippen LogP contribution in [0.15, 0.2) is 28.7 Å². The Morgan fingerprint density at radius 1 is 1.43 bits per heavy atom. The number of carbonyl (C=O) groups is 1. The van der Waals surface area contributed by atoms with Crippen molar-refractivity contribution in [2.75, 3.05) is 0 Å². The van der Waals surface area contributed by atoms with E-state index in [9.17, 15) is 13.6 Å². The molecule has 14 heavy (non-hydrogen) atoms. The van der Waals surface area contributed by atoms with Crippen molar-refractivity contribution in [2.45, 2.75) is 12.3 Å². The Hall–Kier alpha value is -0.970. The first kappa shape index (κ1) is 11.1. The number of halogens is 3. The molecule has 0 saturated heterocycles. The van der Waals surface area contributed by atoms with Gasteiger partial charge in [0.2, 0.25) is 0 Å². The zero-order chi connectivity index (χ0) is 10.8. The SMILES string of the molecule is O=C(O)CC(F)(F)c1ccccc1Br. The standard InChI is InChI=1S/C9H7BrF2O2/c10-7-4-2-1-3-6(7)9(11,12)5-8(13)14/h1-4H,5H2,(H,13,14). The summed E-state index contributed by atoms with van der Waals surface area (Å²) in [6, 6.07) is 5.68. The lowest BCUT2D eigenvalue weighted by atomic mass is 10.1. The normalized spacial score (nSPS) is 11.4. The van der Waals surface area contributed by atoms with Crippen LogP contribution in [0.5, 0.6) is 0 Å². The minimum absolute atomic E-state index is 0.214. The predicted octanol–water partition coefficient (Wildman–Crippen LogP) is 3.02. The zero-order valence-electron chi connectivity index (χ0n) is 7.01. The smallest absolute Gasteiger partial charge is 0.309 e. The molecule has 1 aromatic rings. The lowest BCUT2D eigenvalue weighted by molar-refractivity contribution is -0.145. The van der Waals surface area contributed by atoms with Gasteiger partial charge < -0.3 is 5.11 Å². The van der Waals surface area contributed by atoms with Crippen molar-refractivity contribution in [1.29, 1.82) is 0 Å². The van der Waals surface area contributed by atoms with Gasteiger partial charge in [-0.05, 0) is 6.07 Å². The maximum Gasteiger partial charge on any atom is 0.309 e. The van der Waals surface area contributed by atoms with Gasteiger partial charge in [0.25, 0.3) is 5.92 Å². The lowest BCUT2D eigenvalue weighted by Gasteiger charge is -2.15. The predicted molar refractivity (Wildman–Crippen MR) is 50.3 cm³/mol. The van der Waals surface area contributed by atoms with E-state index in [-0.39, 0.29) is 10.0 Å². The molecule has 0 fully saturated rings. The first-order valence-corrected chi connectivity index (χ1v) is 4.57. The summed E-state index contributed by atoms with van der Waals surface area (Å²) in [5, 5.41) is 8.31. The van der Waals surface area contributed by atoms with Crippen LogP contribution >= 0.6 is 15.9 Å². The van der Waals surface area contributed by atoms with Crippen LogP contribution in [-0.4, -0.2) is 11.1 Å². The fourth-order valence-electron chi connectivity index (χ4n) is 1.04. The molecule has 0 aromatic heterocycles. The van der Waals surface area contributed by atoms with Crippen LogP contribution in [0.25, 0.3) is 0 Å². The van der Waals surface area contributed by atoms with Gasteiger partial charge in [-0.25, -0.2) is 8.78 Å². The Labute approximate surface area is 87.7 Å². The van der Waals surface area contributed by atoms with E-state index < -0.39 is 18.3 Å². The molecular formula is C9H7BrF2O2. The third-order valence-electron chi connectivity index (χ3n) is 1.64. The van der Waals surface area contributed by atoms with E-state index in [1.165, 1.54) is 18.2 Å². The Balaban J connectivity index is 3.03. The number of hydrogen-bond acceptors (Lipinski definition) is 1. The minimum atomic E-state index is -3.34. The van der Waals surface area contributed by atoms with E-state index in [0.717, 1.165) is 0 Å². The highest BCUT2D eigenvalue weighted by molar-refractivity contribution is 9.10. The van der Waals surface area contributed by atoms with Crippen LogP contribution in [0, 0.1) is 0 Å². The van der Waals surface area contributed by atoms with E-state index in [0.29, 0.717) is 0 Å². The van der Waals surface area contributed by atoms with Gasteiger partial charge in [-0.3, -0.25) is 4.79 Å². The van der Waals surface area contributed by atoms with Gasteiger partial charge in [-0.15, -0.1) is 0 Å². The molecule has 0 radical (unpaired) electrons. The van der Waals surface area contributed by atoms with Gasteiger partial charge in [-0.1, -0.05) is 34.1 Å². The lowest BCUT2D eigenvalue weighted by Crippen LogP contribution is -2.18. The first-order chi connectivity index (χ1) is 6.43. The van der Waals surface area contributed by atoms with E-state index in [1.807, 2.05) is 0 Å².